The Labute approximate surface area is 102 Å². The van der Waals surface area contributed by atoms with Crippen molar-refractivity contribution in [2.75, 3.05) is 13.1 Å². The quantitative estimate of drug-likeness (QED) is 0.796. The van der Waals surface area contributed by atoms with Crippen molar-refractivity contribution < 1.29 is 14.7 Å². The summed E-state index contributed by atoms with van der Waals surface area (Å²) >= 11 is 0. The van der Waals surface area contributed by atoms with Crippen molar-refractivity contribution in [3.05, 3.63) is 0 Å². The van der Waals surface area contributed by atoms with Gasteiger partial charge >= 0.3 is 5.97 Å². The normalized spacial score (nSPS) is 35.5. The van der Waals surface area contributed by atoms with Gasteiger partial charge in [-0.15, -0.1) is 0 Å². The van der Waals surface area contributed by atoms with Gasteiger partial charge in [0.15, 0.2) is 0 Å². The Kier molecular flexibility index (Phi) is 2.92. The highest BCUT2D eigenvalue weighted by Crippen LogP contribution is 2.59. The molecule has 1 aliphatic carbocycles. The molecule has 2 aliphatic rings. The van der Waals surface area contributed by atoms with Crippen LogP contribution in [0.5, 0.6) is 0 Å². The van der Waals surface area contributed by atoms with Crippen molar-refractivity contribution in [3.63, 3.8) is 0 Å². The number of aliphatic carboxylic acids is 1. The lowest BCUT2D eigenvalue weighted by Gasteiger charge is -2.31. The van der Waals surface area contributed by atoms with Crippen LogP contribution >= 0.6 is 0 Å². The first-order valence-corrected chi connectivity index (χ1v) is 6.37. The second kappa shape index (κ2) is 4.00. The molecule has 0 radical (unpaired) electrons. The summed E-state index contributed by atoms with van der Waals surface area (Å²) in [6.07, 6.45) is 2.21. The summed E-state index contributed by atoms with van der Waals surface area (Å²) < 4.78 is 0. The van der Waals surface area contributed by atoms with Gasteiger partial charge < -0.3 is 10.0 Å². The Balaban J connectivity index is 2.04. The molecule has 1 heterocycles. The molecule has 1 amide bonds. The second-order valence-electron chi connectivity index (χ2n) is 6.15. The maximum absolute atomic E-state index is 12.3. The number of carboxylic acid groups (broad SMARTS) is 1. The SMILES string of the molecule is C[C@H]1CCCN(C(=O)[C@@H]2[C@H](C(=O)O)C2(C)C)C1. The van der Waals surface area contributed by atoms with Crippen LogP contribution in [0.2, 0.25) is 0 Å². The minimum absolute atomic E-state index is 0.0500. The van der Waals surface area contributed by atoms with Crippen LogP contribution in [0, 0.1) is 23.2 Å². The predicted molar refractivity (Wildman–Crippen MR) is 63.4 cm³/mol. The standard InChI is InChI=1S/C13H21NO3/c1-8-5-4-6-14(7-8)11(15)9-10(12(16)17)13(9,2)3/h8-10H,4-7H2,1-3H3,(H,16,17)/t8-,9-,10+/m0/s1. The van der Waals surface area contributed by atoms with E-state index in [4.69, 9.17) is 5.11 Å². The van der Waals surface area contributed by atoms with Crippen molar-refractivity contribution >= 4 is 11.9 Å². The summed E-state index contributed by atoms with van der Waals surface area (Å²) in [5.41, 5.74) is -0.371. The minimum atomic E-state index is -0.835. The van der Waals surface area contributed by atoms with Gasteiger partial charge in [0, 0.05) is 13.1 Å². The van der Waals surface area contributed by atoms with Crippen molar-refractivity contribution in [2.24, 2.45) is 23.2 Å². The molecule has 2 fully saturated rings. The summed E-state index contributed by atoms with van der Waals surface area (Å²) in [6.45, 7) is 7.48. The average Bonchev–Trinajstić information content (AvgIpc) is 2.80. The van der Waals surface area contributed by atoms with E-state index in [0.717, 1.165) is 19.5 Å². The summed E-state index contributed by atoms with van der Waals surface area (Å²) in [6, 6.07) is 0. The monoisotopic (exact) mass is 239 g/mol. The molecule has 1 N–H and O–H groups in total. The maximum Gasteiger partial charge on any atom is 0.307 e. The zero-order chi connectivity index (χ0) is 12.8. The summed E-state index contributed by atoms with van der Waals surface area (Å²) in [5.74, 6) is -1.05. The van der Waals surface area contributed by atoms with Crippen LogP contribution in [-0.2, 0) is 9.59 Å². The number of carbonyl (C=O) groups excluding carboxylic acids is 1. The van der Waals surface area contributed by atoms with Gasteiger partial charge in [0.1, 0.15) is 0 Å². The van der Waals surface area contributed by atoms with E-state index in [0.29, 0.717) is 5.92 Å². The van der Waals surface area contributed by atoms with Gasteiger partial charge in [-0.3, -0.25) is 9.59 Å². The van der Waals surface area contributed by atoms with E-state index < -0.39 is 11.9 Å². The van der Waals surface area contributed by atoms with Crippen molar-refractivity contribution in [1.29, 1.82) is 0 Å². The van der Waals surface area contributed by atoms with Crippen LogP contribution in [0.4, 0.5) is 0 Å². The maximum atomic E-state index is 12.3. The molecular formula is C13H21NO3. The molecule has 4 heteroatoms. The zero-order valence-corrected chi connectivity index (χ0v) is 10.8. The fourth-order valence-electron chi connectivity index (χ4n) is 3.15. The molecule has 0 aromatic heterocycles. The summed E-state index contributed by atoms with van der Waals surface area (Å²) in [4.78, 5) is 25.2. The molecule has 3 atom stereocenters. The van der Waals surface area contributed by atoms with E-state index in [1.54, 1.807) is 0 Å². The van der Waals surface area contributed by atoms with Crippen LogP contribution in [0.25, 0.3) is 0 Å². The smallest absolute Gasteiger partial charge is 0.307 e. The Morgan fingerprint density at radius 1 is 1.29 bits per heavy atom. The molecule has 4 nitrogen and oxygen atoms in total. The van der Waals surface area contributed by atoms with E-state index in [1.165, 1.54) is 6.42 Å². The van der Waals surface area contributed by atoms with Gasteiger partial charge in [0.2, 0.25) is 5.91 Å². The molecule has 2 rings (SSSR count). The van der Waals surface area contributed by atoms with Crippen molar-refractivity contribution in [2.45, 2.75) is 33.6 Å². The first-order valence-electron chi connectivity index (χ1n) is 6.37. The number of rotatable bonds is 2. The zero-order valence-electron chi connectivity index (χ0n) is 10.8. The molecule has 96 valence electrons. The third-order valence-corrected chi connectivity index (χ3v) is 4.33. The number of carboxylic acids is 1. The van der Waals surface area contributed by atoms with Crippen LogP contribution in [0.15, 0.2) is 0 Å². The Morgan fingerprint density at radius 2 is 1.94 bits per heavy atom. The molecule has 0 bridgehead atoms. The number of hydrogen-bond donors (Lipinski definition) is 1. The lowest BCUT2D eigenvalue weighted by molar-refractivity contribution is -0.142. The summed E-state index contributed by atoms with van der Waals surface area (Å²) in [5, 5.41) is 9.09. The minimum Gasteiger partial charge on any atom is -0.481 e. The molecule has 1 aliphatic heterocycles. The van der Waals surface area contributed by atoms with Gasteiger partial charge in [-0.2, -0.15) is 0 Å². The lowest BCUT2D eigenvalue weighted by atomic mass is 9.99. The number of piperidine rings is 1. The van der Waals surface area contributed by atoms with E-state index in [9.17, 15) is 9.59 Å². The van der Waals surface area contributed by atoms with Gasteiger partial charge in [-0.05, 0) is 24.2 Å². The van der Waals surface area contributed by atoms with Crippen LogP contribution in [0.3, 0.4) is 0 Å². The van der Waals surface area contributed by atoms with Gasteiger partial charge in [-0.25, -0.2) is 0 Å². The van der Waals surface area contributed by atoms with Crippen molar-refractivity contribution in [3.8, 4) is 0 Å². The molecule has 1 saturated carbocycles. The Hall–Kier alpha value is -1.06. The lowest BCUT2D eigenvalue weighted by Crippen LogP contribution is -2.40. The fourth-order valence-corrected chi connectivity index (χ4v) is 3.15. The van der Waals surface area contributed by atoms with Gasteiger partial charge in [0.25, 0.3) is 0 Å². The van der Waals surface area contributed by atoms with E-state index in [-0.39, 0.29) is 17.2 Å². The number of nitrogens with zero attached hydrogens (tertiary/aromatic N) is 1. The topological polar surface area (TPSA) is 57.6 Å². The molecule has 0 aromatic carbocycles. The molecule has 0 unspecified atom stereocenters. The van der Waals surface area contributed by atoms with Gasteiger partial charge in [0.05, 0.1) is 11.8 Å². The van der Waals surface area contributed by atoms with E-state index >= 15 is 0 Å². The third kappa shape index (κ3) is 2.05. The van der Waals surface area contributed by atoms with Crippen LogP contribution in [0.1, 0.15) is 33.6 Å². The van der Waals surface area contributed by atoms with Crippen LogP contribution < -0.4 is 0 Å². The second-order valence-corrected chi connectivity index (χ2v) is 6.15. The highest BCUT2D eigenvalue weighted by Gasteiger charge is 2.66. The largest absolute Gasteiger partial charge is 0.481 e. The summed E-state index contributed by atoms with van der Waals surface area (Å²) in [7, 11) is 0. The molecular weight excluding hydrogens is 218 g/mol. The Bertz CT molecular complexity index is 351. The number of carbonyl (C=O) groups is 2. The van der Waals surface area contributed by atoms with E-state index in [2.05, 4.69) is 6.92 Å². The number of amides is 1. The van der Waals surface area contributed by atoms with E-state index in [1.807, 2.05) is 18.7 Å². The van der Waals surface area contributed by atoms with Crippen LogP contribution in [-0.4, -0.2) is 35.0 Å². The van der Waals surface area contributed by atoms with Gasteiger partial charge in [-0.1, -0.05) is 20.8 Å². The number of likely N-dealkylation sites (tertiary alicyclic amines) is 1. The molecule has 17 heavy (non-hydrogen) atoms. The molecule has 0 aromatic rings. The predicted octanol–water partition coefficient (Wildman–Crippen LogP) is 1.60. The third-order valence-electron chi connectivity index (χ3n) is 4.33. The molecule has 1 saturated heterocycles. The fraction of sp³-hybridized carbons (Fsp3) is 0.846. The Morgan fingerprint density at radius 3 is 2.41 bits per heavy atom. The first-order chi connectivity index (χ1) is 7.85. The first kappa shape index (κ1) is 12.4. The molecule has 0 spiro atoms. The highest BCUT2D eigenvalue weighted by molar-refractivity contribution is 5.91. The van der Waals surface area contributed by atoms with Crippen molar-refractivity contribution in [1.82, 2.24) is 4.90 Å². The average molecular weight is 239 g/mol. The highest BCUT2D eigenvalue weighted by atomic mass is 16.4. The number of hydrogen-bond acceptors (Lipinski definition) is 2.